The molecule has 0 radical (unpaired) electrons. The van der Waals surface area contributed by atoms with Crippen molar-refractivity contribution in [3.05, 3.63) is 29.6 Å². The molecule has 3 N–H and O–H groups in total. The van der Waals surface area contributed by atoms with Crippen LogP contribution in [-0.4, -0.2) is 21.9 Å². The molecule has 84 valence electrons. The summed E-state index contributed by atoms with van der Waals surface area (Å²) in [5.41, 5.74) is 6.51. The largest absolute Gasteiger partial charge is 0.389 e. The van der Waals surface area contributed by atoms with Crippen LogP contribution in [0.1, 0.15) is 29.4 Å². The monoisotopic (exact) mass is 235 g/mol. The van der Waals surface area contributed by atoms with Crippen molar-refractivity contribution < 1.29 is 4.79 Å². The molecule has 4 nitrogen and oxygen atoms in total. The third-order valence-electron chi connectivity index (χ3n) is 2.71. The number of aromatic nitrogens is 1. The van der Waals surface area contributed by atoms with Crippen molar-refractivity contribution in [1.29, 1.82) is 0 Å². The molecule has 0 aliphatic heterocycles. The number of pyridine rings is 1. The molecule has 1 fully saturated rings. The number of amides is 1. The number of nitrogens with two attached hydrogens (primary N) is 1. The zero-order valence-electron chi connectivity index (χ0n) is 8.93. The second kappa shape index (κ2) is 4.17. The predicted octanol–water partition coefficient (Wildman–Crippen LogP) is 0.854. The summed E-state index contributed by atoms with van der Waals surface area (Å²) < 4.78 is 0. The summed E-state index contributed by atoms with van der Waals surface area (Å²) in [5, 5.41) is 2.90. The van der Waals surface area contributed by atoms with Crippen molar-refractivity contribution in [3.63, 3.8) is 0 Å². The molecule has 2 atom stereocenters. The highest BCUT2D eigenvalue weighted by Gasteiger charge is 2.34. The second-order valence-electron chi connectivity index (χ2n) is 4.09. The topological polar surface area (TPSA) is 68.0 Å². The molecule has 0 aromatic carbocycles. The van der Waals surface area contributed by atoms with Gasteiger partial charge in [-0.15, -0.1) is 0 Å². The zero-order valence-corrected chi connectivity index (χ0v) is 9.75. The summed E-state index contributed by atoms with van der Waals surface area (Å²) in [5.74, 6) is 0.448. The van der Waals surface area contributed by atoms with Gasteiger partial charge in [-0.2, -0.15) is 0 Å². The average molecular weight is 235 g/mol. The maximum Gasteiger partial charge on any atom is 0.270 e. The SMILES string of the molecule is CC1CC1NC(=O)c1ccc(C(N)=S)cn1. The fraction of sp³-hybridized carbons (Fsp3) is 0.364. The van der Waals surface area contributed by atoms with Crippen LogP contribution < -0.4 is 11.1 Å². The molecule has 1 amide bonds. The lowest BCUT2D eigenvalue weighted by atomic mass is 10.2. The summed E-state index contributed by atoms with van der Waals surface area (Å²) >= 11 is 4.80. The van der Waals surface area contributed by atoms with Crippen molar-refractivity contribution >= 4 is 23.1 Å². The Morgan fingerprint density at radius 2 is 2.31 bits per heavy atom. The third-order valence-corrected chi connectivity index (χ3v) is 2.94. The van der Waals surface area contributed by atoms with Crippen LogP contribution in [0.4, 0.5) is 0 Å². The van der Waals surface area contributed by atoms with E-state index >= 15 is 0 Å². The number of carbonyl (C=O) groups is 1. The van der Waals surface area contributed by atoms with Gasteiger partial charge in [0.15, 0.2) is 0 Å². The Labute approximate surface area is 99.2 Å². The molecule has 5 heteroatoms. The van der Waals surface area contributed by atoms with E-state index in [9.17, 15) is 4.79 Å². The highest BCUT2D eigenvalue weighted by atomic mass is 32.1. The third kappa shape index (κ3) is 2.36. The summed E-state index contributed by atoms with van der Waals surface area (Å²) in [6.07, 6.45) is 2.57. The second-order valence-corrected chi connectivity index (χ2v) is 4.53. The fourth-order valence-electron chi connectivity index (χ4n) is 1.44. The van der Waals surface area contributed by atoms with E-state index < -0.39 is 0 Å². The van der Waals surface area contributed by atoms with E-state index in [4.69, 9.17) is 18.0 Å². The van der Waals surface area contributed by atoms with E-state index in [1.54, 1.807) is 12.1 Å². The molecular weight excluding hydrogens is 222 g/mol. The molecule has 0 saturated heterocycles. The van der Waals surface area contributed by atoms with Gasteiger partial charge in [0.1, 0.15) is 10.7 Å². The van der Waals surface area contributed by atoms with Crippen LogP contribution in [0.3, 0.4) is 0 Å². The van der Waals surface area contributed by atoms with Gasteiger partial charge >= 0.3 is 0 Å². The lowest BCUT2D eigenvalue weighted by Crippen LogP contribution is -2.27. The highest BCUT2D eigenvalue weighted by Crippen LogP contribution is 2.29. The van der Waals surface area contributed by atoms with Crippen LogP contribution in [0.15, 0.2) is 18.3 Å². The number of thiocarbonyl (C=S) groups is 1. The van der Waals surface area contributed by atoms with Crippen molar-refractivity contribution in [1.82, 2.24) is 10.3 Å². The Morgan fingerprint density at radius 1 is 1.62 bits per heavy atom. The van der Waals surface area contributed by atoms with Crippen molar-refractivity contribution in [2.24, 2.45) is 11.7 Å². The summed E-state index contributed by atoms with van der Waals surface area (Å²) in [4.78, 5) is 16.0. The number of nitrogens with one attached hydrogen (secondary N) is 1. The Balaban J connectivity index is 2.03. The van der Waals surface area contributed by atoms with Gasteiger partial charge in [-0.05, 0) is 24.5 Å². The van der Waals surface area contributed by atoms with Gasteiger partial charge in [0.2, 0.25) is 0 Å². The minimum absolute atomic E-state index is 0.135. The summed E-state index contributed by atoms with van der Waals surface area (Å²) in [7, 11) is 0. The predicted molar refractivity (Wildman–Crippen MR) is 65.2 cm³/mol. The van der Waals surface area contributed by atoms with E-state index in [-0.39, 0.29) is 10.9 Å². The normalized spacial score (nSPS) is 22.6. The van der Waals surface area contributed by atoms with Gasteiger partial charge in [0, 0.05) is 17.8 Å². The first-order chi connectivity index (χ1) is 7.58. The number of carbonyl (C=O) groups excluding carboxylic acids is 1. The van der Waals surface area contributed by atoms with Crippen LogP contribution in [0.25, 0.3) is 0 Å². The van der Waals surface area contributed by atoms with Gasteiger partial charge in [0.05, 0.1) is 0 Å². The standard InChI is InChI=1S/C11H13N3OS/c1-6-4-9(6)14-11(15)8-3-2-7(5-13-8)10(12)16/h2-3,5-6,9H,4H2,1H3,(H2,12,16)(H,14,15). The van der Waals surface area contributed by atoms with Crippen LogP contribution in [-0.2, 0) is 0 Å². The van der Waals surface area contributed by atoms with Crippen LogP contribution in [0.2, 0.25) is 0 Å². The Hall–Kier alpha value is -1.49. The molecule has 16 heavy (non-hydrogen) atoms. The highest BCUT2D eigenvalue weighted by molar-refractivity contribution is 7.80. The van der Waals surface area contributed by atoms with Gasteiger partial charge in [-0.3, -0.25) is 9.78 Å². The fourth-order valence-corrected chi connectivity index (χ4v) is 1.56. The van der Waals surface area contributed by atoms with Gasteiger partial charge in [-0.25, -0.2) is 0 Å². The molecule has 1 heterocycles. The minimum atomic E-state index is -0.135. The molecule has 1 saturated carbocycles. The van der Waals surface area contributed by atoms with Crippen LogP contribution in [0, 0.1) is 5.92 Å². The molecule has 1 aliphatic rings. The zero-order chi connectivity index (χ0) is 11.7. The molecule has 2 rings (SSSR count). The number of hydrogen-bond donors (Lipinski definition) is 2. The minimum Gasteiger partial charge on any atom is -0.389 e. The van der Waals surface area contributed by atoms with Crippen LogP contribution in [0.5, 0.6) is 0 Å². The number of hydrogen-bond acceptors (Lipinski definition) is 3. The van der Waals surface area contributed by atoms with Gasteiger partial charge in [-0.1, -0.05) is 19.1 Å². The van der Waals surface area contributed by atoms with E-state index in [0.717, 1.165) is 6.42 Å². The molecule has 0 bridgehead atoms. The lowest BCUT2D eigenvalue weighted by Gasteiger charge is -2.03. The average Bonchev–Trinajstić information content (AvgIpc) is 2.94. The first-order valence-electron chi connectivity index (χ1n) is 5.14. The van der Waals surface area contributed by atoms with E-state index in [1.807, 2.05) is 0 Å². The first-order valence-corrected chi connectivity index (χ1v) is 5.55. The van der Waals surface area contributed by atoms with E-state index in [0.29, 0.717) is 23.2 Å². The summed E-state index contributed by atoms with van der Waals surface area (Å²) in [6.45, 7) is 2.11. The maximum atomic E-state index is 11.7. The van der Waals surface area contributed by atoms with Crippen LogP contribution >= 0.6 is 12.2 Å². The van der Waals surface area contributed by atoms with Crippen molar-refractivity contribution in [2.45, 2.75) is 19.4 Å². The molecule has 1 aliphatic carbocycles. The quantitative estimate of drug-likeness (QED) is 0.762. The van der Waals surface area contributed by atoms with Gasteiger partial charge < -0.3 is 11.1 Å². The van der Waals surface area contributed by atoms with Gasteiger partial charge in [0.25, 0.3) is 5.91 Å². The molecule has 0 spiro atoms. The first kappa shape index (κ1) is 11.0. The Kier molecular flexibility index (Phi) is 2.87. The Bertz CT molecular complexity index is 429. The van der Waals surface area contributed by atoms with E-state index in [1.165, 1.54) is 6.20 Å². The van der Waals surface area contributed by atoms with E-state index in [2.05, 4.69) is 17.2 Å². The number of nitrogens with zero attached hydrogens (tertiary/aromatic N) is 1. The Morgan fingerprint density at radius 3 is 2.75 bits per heavy atom. The van der Waals surface area contributed by atoms with Crippen molar-refractivity contribution in [2.75, 3.05) is 0 Å². The summed E-state index contributed by atoms with van der Waals surface area (Å²) in [6, 6.07) is 3.65. The molecule has 1 aromatic rings. The smallest absolute Gasteiger partial charge is 0.270 e. The molecule has 1 aromatic heterocycles. The maximum absolute atomic E-state index is 11.7. The lowest BCUT2D eigenvalue weighted by molar-refractivity contribution is 0.0944. The van der Waals surface area contributed by atoms with Crippen molar-refractivity contribution in [3.8, 4) is 0 Å². The number of rotatable bonds is 3. The molecular formula is C11H13N3OS. The molecule has 2 unspecified atom stereocenters.